The number of carbonyl (C=O) groups excluding carboxylic acids is 1. The summed E-state index contributed by atoms with van der Waals surface area (Å²) in [6, 6.07) is -0.273. The van der Waals surface area contributed by atoms with Crippen LogP contribution in [0.3, 0.4) is 0 Å². The second-order valence-electron chi connectivity index (χ2n) is 5.30. The van der Waals surface area contributed by atoms with Crippen LogP contribution in [0, 0.1) is 0 Å². The van der Waals surface area contributed by atoms with Crippen molar-refractivity contribution in [1.29, 1.82) is 0 Å². The molecule has 0 aromatic rings. The summed E-state index contributed by atoms with van der Waals surface area (Å²) >= 11 is 0. The van der Waals surface area contributed by atoms with Crippen molar-refractivity contribution in [1.82, 2.24) is 10.6 Å². The van der Waals surface area contributed by atoms with Crippen LogP contribution >= 0.6 is 0 Å². The van der Waals surface area contributed by atoms with E-state index >= 15 is 0 Å². The van der Waals surface area contributed by atoms with Crippen molar-refractivity contribution < 1.29 is 14.6 Å². The van der Waals surface area contributed by atoms with E-state index in [1.54, 1.807) is 14.0 Å². The summed E-state index contributed by atoms with van der Waals surface area (Å²) in [5, 5.41) is 15.3. The maximum absolute atomic E-state index is 11.4. The molecule has 96 valence electrons. The minimum atomic E-state index is -0.939. The molecule has 16 heavy (non-hydrogen) atoms. The first-order valence-corrected chi connectivity index (χ1v) is 5.44. The molecule has 1 unspecified atom stereocenters. The summed E-state index contributed by atoms with van der Waals surface area (Å²) in [6.45, 7) is 8.04. The lowest BCUT2D eigenvalue weighted by Crippen LogP contribution is -2.50. The lowest BCUT2D eigenvalue weighted by molar-refractivity contribution is 0.0268. The van der Waals surface area contributed by atoms with Crippen LogP contribution in [0.25, 0.3) is 0 Å². The van der Waals surface area contributed by atoms with Gasteiger partial charge in [-0.15, -0.1) is 0 Å². The molecule has 3 N–H and O–H groups in total. The Kier molecular flexibility index (Phi) is 5.75. The highest BCUT2D eigenvalue weighted by Crippen LogP contribution is 2.07. The molecule has 0 rings (SSSR count). The van der Waals surface area contributed by atoms with E-state index in [1.165, 1.54) is 0 Å². The zero-order valence-electron chi connectivity index (χ0n) is 10.9. The van der Waals surface area contributed by atoms with E-state index in [4.69, 9.17) is 4.74 Å². The zero-order valence-corrected chi connectivity index (χ0v) is 10.9. The first-order chi connectivity index (χ1) is 7.16. The van der Waals surface area contributed by atoms with E-state index < -0.39 is 5.60 Å². The molecule has 0 fully saturated rings. The van der Waals surface area contributed by atoms with Crippen molar-refractivity contribution in [3.63, 3.8) is 0 Å². The largest absolute Gasteiger partial charge is 0.388 e. The van der Waals surface area contributed by atoms with Crippen molar-refractivity contribution in [2.75, 3.05) is 20.3 Å². The van der Waals surface area contributed by atoms with Crippen LogP contribution in [0.1, 0.15) is 34.1 Å². The van der Waals surface area contributed by atoms with Gasteiger partial charge >= 0.3 is 6.03 Å². The Morgan fingerprint density at radius 3 is 2.31 bits per heavy atom. The number of carbonyl (C=O) groups is 1. The molecule has 0 aliphatic heterocycles. The molecule has 0 heterocycles. The predicted octanol–water partition coefficient (Wildman–Crippen LogP) is 0.872. The second-order valence-corrected chi connectivity index (χ2v) is 5.30. The number of hydrogen-bond acceptors (Lipinski definition) is 3. The third kappa shape index (κ3) is 8.49. The van der Waals surface area contributed by atoms with Gasteiger partial charge in [0.1, 0.15) is 0 Å². The van der Waals surface area contributed by atoms with E-state index in [9.17, 15) is 9.90 Å². The molecular formula is C11H24N2O3. The number of amides is 2. The average Bonchev–Trinajstić information content (AvgIpc) is 2.09. The fourth-order valence-electron chi connectivity index (χ4n) is 1.07. The topological polar surface area (TPSA) is 70.6 Å². The lowest BCUT2D eigenvalue weighted by Gasteiger charge is -2.25. The first kappa shape index (κ1) is 15.2. The van der Waals surface area contributed by atoms with Gasteiger partial charge in [0.25, 0.3) is 0 Å². The molecule has 0 aliphatic carbocycles. The second kappa shape index (κ2) is 6.06. The summed E-state index contributed by atoms with van der Waals surface area (Å²) in [6.07, 6.45) is 0.485. The summed E-state index contributed by atoms with van der Waals surface area (Å²) < 4.78 is 4.88. The number of urea groups is 1. The number of rotatable bonds is 5. The Morgan fingerprint density at radius 2 is 1.88 bits per heavy atom. The fraction of sp³-hybridized carbons (Fsp3) is 0.909. The molecule has 0 radical (unpaired) electrons. The SMILES string of the molecule is COCCC(C)(O)CNC(=O)NC(C)(C)C. The Labute approximate surface area is 97.6 Å². The zero-order chi connectivity index (χ0) is 12.8. The molecule has 0 saturated heterocycles. The molecule has 2 amide bonds. The molecule has 1 atom stereocenters. The Balaban J connectivity index is 3.90. The monoisotopic (exact) mass is 232 g/mol. The van der Waals surface area contributed by atoms with E-state index in [2.05, 4.69) is 10.6 Å². The van der Waals surface area contributed by atoms with Crippen LogP contribution in [-0.4, -0.2) is 42.5 Å². The van der Waals surface area contributed by atoms with Gasteiger partial charge in [0.15, 0.2) is 0 Å². The van der Waals surface area contributed by atoms with E-state index in [0.717, 1.165) is 0 Å². The molecule has 0 aromatic heterocycles. The molecule has 0 spiro atoms. The Morgan fingerprint density at radius 1 is 1.31 bits per heavy atom. The highest BCUT2D eigenvalue weighted by molar-refractivity contribution is 5.74. The molecule has 5 nitrogen and oxygen atoms in total. The van der Waals surface area contributed by atoms with Gasteiger partial charge in [0.2, 0.25) is 0 Å². The van der Waals surface area contributed by atoms with Gasteiger partial charge in [-0.25, -0.2) is 4.79 Å². The first-order valence-electron chi connectivity index (χ1n) is 5.44. The fourth-order valence-corrected chi connectivity index (χ4v) is 1.07. The number of nitrogens with one attached hydrogen (secondary N) is 2. The predicted molar refractivity (Wildman–Crippen MR) is 63.4 cm³/mol. The van der Waals surface area contributed by atoms with Crippen LogP contribution in [-0.2, 0) is 4.74 Å². The van der Waals surface area contributed by atoms with Gasteiger partial charge in [-0.2, -0.15) is 0 Å². The van der Waals surface area contributed by atoms with Gasteiger partial charge in [0, 0.05) is 32.2 Å². The molecular weight excluding hydrogens is 208 g/mol. The highest BCUT2D eigenvalue weighted by atomic mass is 16.5. The number of ether oxygens (including phenoxy) is 1. The van der Waals surface area contributed by atoms with Crippen molar-refractivity contribution in [3.05, 3.63) is 0 Å². The third-order valence-corrected chi connectivity index (χ3v) is 1.96. The van der Waals surface area contributed by atoms with E-state index in [0.29, 0.717) is 13.0 Å². The summed E-state index contributed by atoms with van der Waals surface area (Å²) in [4.78, 5) is 11.4. The normalized spacial score (nSPS) is 15.4. The minimum absolute atomic E-state index is 0.207. The summed E-state index contributed by atoms with van der Waals surface area (Å²) in [5.41, 5.74) is -1.21. The van der Waals surface area contributed by atoms with Gasteiger partial charge < -0.3 is 20.5 Å². The lowest BCUT2D eigenvalue weighted by atomic mass is 10.0. The molecule has 0 aromatic carbocycles. The number of methoxy groups -OCH3 is 1. The molecule has 0 saturated carbocycles. The van der Waals surface area contributed by atoms with Crippen LogP contribution in [0.4, 0.5) is 4.79 Å². The number of hydrogen-bond donors (Lipinski definition) is 3. The van der Waals surface area contributed by atoms with Crippen LogP contribution in [0.15, 0.2) is 0 Å². The van der Waals surface area contributed by atoms with E-state index in [1.807, 2.05) is 20.8 Å². The van der Waals surface area contributed by atoms with E-state index in [-0.39, 0.29) is 18.1 Å². The average molecular weight is 232 g/mol. The van der Waals surface area contributed by atoms with Crippen molar-refractivity contribution in [3.8, 4) is 0 Å². The smallest absolute Gasteiger partial charge is 0.315 e. The van der Waals surface area contributed by atoms with Crippen LogP contribution in [0.2, 0.25) is 0 Å². The van der Waals surface area contributed by atoms with Gasteiger partial charge in [-0.05, 0) is 27.7 Å². The summed E-state index contributed by atoms with van der Waals surface area (Å²) in [5.74, 6) is 0. The minimum Gasteiger partial charge on any atom is -0.388 e. The maximum Gasteiger partial charge on any atom is 0.315 e. The van der Waals surface area contributed by atoms with Gasteiger partial charge in [-0.3, -0.25) is 0 Å². The van der Waals surface area contributed by atoms with Crippen molar-refractivity contribution in [2.45, 2.75) is 45.3 Å². The Bertz CT molecular complexity index is 222. The Hall–Kier alpha value is -0.810. The molecule has 0 aliphatic rings. The summed E-state index contributed by atoms with van der Waals surface area (Å²) in [7, 11) is 1.58. The molecule has 0 bridgehead atoms. The van der Waals surface area contributed by atoms with Crippen LogP contribution in [0.5, 0.6) is 0 Å². The van der Waals surface area contributed by atoms with Crippen LogP contribution < -0.4 is 10.6 Å². The van der Waals surface area contributed by atoms with Crippen molar-refractivity contribution in [2.24, 2.45) is 0 Å². The quantitative estimate of drug-likeness (QED) is 0.658. The van der Waals surface area contributed by atoms with Crippen molar-refractivity contribution >= 4 is 6.03 Å². The number of aliphatic hydroxyl groups is 1. The third-order valence-electron chi connectivity index (χ3n) is 1.96. The molecule has 5 heteroatoms. The standard InChI is InChI=1S/C11H24N2O3/c1-10(2,3)13-9(14)12-8-11(4,15)6-7-16-5/h15H,6-8H2,1-5H3,(H2,12,13,14). The maximum atomic E-state index is 11.4. The van der Waals surface area contributed by atoms with Gasteiger partial charge in [-0.1, -0.05) is 0 Å². The van der Waals surface area contributed by atoms with Gasteiger partial charge in [0.05, 0.1) is 5.60 Å². The highest BCUT2D eigenvalue weighted by Gasteiger charge is 2.22.